The zero-order valence-corrected chi connectivity index (χ0v) is 37.1. The third-order valence-corrected chi connectivity index (χ3v) is 10.9. The van der Waals surface area contributed by atoms with E-state index in [2.05, 4.69) is 157 Å². The van der Waals surface area contributed by atoms with E-state index in [0.717, 1.165) is 33.3 Å². The van der Waals surface area contributed by atoms with Crippen LogP contribution in [0.2, 0.25) is 0 Å². The molecule has 0 atom stereocenters. The van der Waals surface area contributed by atoms with Crippen molar-refractivity contribution in [1.29, 1.82) is 0 Å². The molecule has 0 spiro atoms. The fourth-order valence-electron chi connectivity index (χ4n) is 7.73. The van der Waals surface area contributed by atoms with Crippen molar-refractivity contribution in [2.24, 2.45) is 40.9 Å². The van der Waals surface area contributed by atoms with Crippen LogP contribution in [0.15, 0.2) is 66.7 Å². The second-order valence-corrected chi connectivity index (χ2v) is 19.0. The van der Waals surface area contributed by atoms with Gasteiger partial charge in [-0.1, -0.05) is 138 Å². The van der Waals surface area contributed by atoms with Crippen molar-refractivity contribution in [1.82, 2.24) is 9.97 Å². The molecule has 0 saturated heterocycles. The van der Waals surface area contributed by atoms with Gasteiger partial charge in [0.05, 0.1) is 11.3 Å². The number of hydrogen-bond acceptors (Lipinski definition) is 5. The Morgan fingerprint density at radius 1 is 0.808 bits per heavy atom. The van der Waals surface area contributed by atoms with Gasteiger partial charge in [0, 0.05) is 58.5 Å². The molecule has 0 aliphatic heterocycles. The number of hydrogen-bond donors (Lipinski definition) is 1. The summed E-state index contributed by atoms with van der Waals surface area (Å²) in [6, 6.07) is 21.3. The largest absolute Gasteiger partial charge is 0.512 e. The number of fused-ring (bicyclic) bond motifs is 4. The van der Waals surface area contributed by atoms with Crippen molar-refractivity contribution >= 4 is 48.2 Å². The molecule has 0 aliphatic carbocycles. The van der Waals surface area contributed by atoms with Crippen LogP contribution >= 0.6 is 11.3 Å². The van der Waals surface area contributed by atoms with Gasteiger partial charge in [-0.15, -0.1) is 40.5 Å². The topological polar surface area (TPSA) is 63.1 Å². The van der Waals surface area contributed by atoms with Crippen molar-refractivity contribution in [3.05, 3.63) is 83.9 Å². The predicted molar refractivity (Wildman–Crippen MR) is 221 cm³/mol. The normalized spacial score (nSPS) is 12.9. The average Bonchev–Trinajstić information content (AvgIpc) is 3.36. The van der Waals surface area contributed by atoms with Crippen LogP contribution in [0.5, 0.6) is 0 Å². The van der Waals surface area contributed by atoms with Gasteiger partial charge in [-0.2, -0.15) is 0 Å². The van der Waals surface area contributed by atoms with Crippen molar-refractivity contribution in [2.45, 2.75) is 109 Å². The molecule has 6 heteroatoms. The number of carbonyl (C=O) groups is 1. The molecular weight excluding hydrogens is 837 g/mol. The average molecular weight is 898 g/mol. The molecule has 1 N–H and O–H groups in total. The standard InChI is InChI=1S/C29H29N2S.C17H32O2.Ir/c1-28(2,3)16-18-11-12-22-24(13-18)32-27-25(30-17-31-26(22)27)20-14-19-9-7-8-10-21(19)23(15-20)29(4,5)6;1-10(2)16(11(3)4)14(18)9-15(19)17(12(5)6)13(7)8;/h7-13,15,17H,16H2,1-6H3;9-13,16-18H,1-8H3;/q-1;;/b;14-9-;. The van der Waals surface area contributed by atoms with E-state index in [4.69, 9.17) is 4.98 Å². The molecule has 5 aromatic rings. The van der Waals surface area contributed by atoms with Crippen molar-refractivity contribution < 1.29 is 30.0 Å². The van der Waals surface area contributed by atoms with Crippen LogP contribution < -0.4 is 0 Å². The molecule has 283 valence electrons. The summed E-state index contributed by atoms with van der Waals surface area (Å²) in [7, 11) is 0. The Balaban J connectivity index is 0.000000317. The maximum Gasteiger partial charge on any atom is 0.162 e. The van der Waals surface area contributed by atoms with E-state index in [0.29, 0.717) is 23.7 Å². The minimum atomic E-state index is -0.0119. The van der Waals surface area contributed by atoms with Gasteiger partial charge in [0.1, 0.15) is 6.33 Å². The zero-order valence-electron chi connectivity index (χ0n) is 33.9. The first-order valence-corrected chi connectivity index (χ1v) is 19.6. The van der Waals surface area contributed by atoms with Gasteiger partial charge < -0.3 is 5.11 Å². The molecular formula is C46H61IrN2O2S-. The third kappa shape index (κ3) is 10.4. The van der Waals surface area contributed by atoms with Crippen molar-refractivity contribution in [3.8, 4) is 11.3 Å². The van der Waals surface area contributed by atoms with Gasteiger partial charge in [0.15, 0.2) is 5.78 Å². The zero-order chi connectivity index (χ0) is 38.0. The van der Waals surface area contributed by atoms with E-state index in [-0.39, 0.29) is 54.3 Å². The first kappa shape index (κ1) is 43.5. The number of aliphatic hydroxyl groups excluding tert-OH is 1. The quantitative estimate of drug-likeness (QED) is 0.0909. The Hall–Kier alpha value is -2.92. The Labute approximate surface area is 331 Å². The summed E-state index contributed by atoms with van der Waals surface area (Å²) in [6.07, 6.45) is 4.24. The smallest absolute Gasteiger partial charge is 0.162 e. The number of nitrogens with zero attached hydrogens (tertiary/aromatic N) is 2. The number of carbonyl (C=O) groups excluding carboxylic acids is 1. The molecule has 0 saturated carbocycles. The van der Waals surface area contributed by atoms with Gasteiger partial charge in [0.25, 0.3) is 0 Å². The minimum Gasteiger partial charge on any atom is -0.512 e. The van der Waals surface area contributed by atoms with E-state index in [9.17, 15) is 9.90 Å². The number of ketones is 1. The summed E-state index contributed by atoms with van der Waals surface area (Å²) >= 11 is 1.80. The Morgan fingerprint density at radius 3 is 1.96 bits per heavy atom. The summed E-state index contributed by atoms with van der Waals surface area (Å²) in [5.74, 6) is 1.63. The van der Waals surface area contributed by atoms with Crippen LogP contribution in [0.4, 0.5) is 0 Å². The van der Waals surface area contributed by atoms with Crippen LogP contribution in [-0.4, -0.2) is 20.9 Å². The predicted octanol–water partition coefficient (Wildman–Crippen LogP) is 13.2. The molecule has 0 amide bonds. The third-order valence-electron chi connectivity index (χ3n) is 9.72. The maximum atomic E-state index is 12.3. The van der Waals surface area contributed by atoms with Crippen molar-refractivity contribution in [3.63, 3.8) is 0 Å². The summed E-state index contributed by atoms with van der Waals surface area (Å²) in [4.78, 5) is 21.8. The minimum absolute atomic E-state index is 0. The molecule has 2 aromatic heterocycles. The van der Waals surface area contributed by atoms with Crippen LogP contribution in [-0.2, 0) is 36.7 Å². The van der Waals surface area contributed by atoms with E-state index in [1.54, 1.807) is 17.7 Å². The number of rotatable bonds is 9. The van der Waals surface area contributed by atoms with Crippen LogP contribution in [0.25, 0.3) is 42.3 Å². The molecule has 0 fully saturated rings. The van der Waals surface area contributed by atoms with Crippen LogP contribution in [0.1, 0.15) is 108 Å². The molecule has 2 heterocycles. The SMILES string of the molecule is CC(C)(C)Cc1ccc2c(c1)sc1c(-c3[c-]c4ccccc4c(C(C)(C)C)c3)ncnc12.CC(C)C(C(=O)/C=C(\O)C(C(C)C)C(C)C)C(C)C.[Ir]. The second-order valence-electron chi connectivity index (χ2n) is 18.0. The first-order valence-electron chi connectivity index (χ1n) is 18.8. The molecule has 0 unspecified atom stereocenters. The van der Waals surface area contributed by atoms with E-state index < -0.39 is 0 Å². The Bertz CT molecular complexity index is 1990. The fraction of sp³-hybridized carbons (Fsp3) is 0.500. The number of benzene rings is 3. The van der Waals surface area contributed by atoms with Gasteiger partial charge in [-0.05, 0) is 52.6 Å². The summed E-state index contributed by atoms with van der Waals surface area (Å²) in [5, 5.41) is 13.9. The Kier molecular flexibility index (Phi) is 14.6. The monoisotopic (exact) mass is 898 g/mol. The molecule has 4 nitrogen and oxygen atoms in total. The molecule has 1 radical (unpaired) electrons. The summed E-state index contributed by atoms with van der Waals surface area (Å²) in [5.41, 5.74) is 6.04. The molecule has 52 heavy (non-hydrogen) atoms. The molecule has 3 aromatic carbocycles. The van der Waals surface area contributed by atoms with Crippen molar-refractivity contribution in [2.75, 3.05) is 0 Å². The first-order chi connectivity index (χ1) is 23.7. The number of aliphatic hydroxyl groups is 1. The van der Waals surface area contributed by atoms with Crippen LogP contribution in [0.3, 0.4) is 0 Å². The van der Waals surface area contributed by atoms with Gasteiger partial charge >= 0.3 is 0 Å². The Morgan fingerprint density at radius 2 is 1.40 bits per heavy atom. The van der Waals surface area contributed by atoms with Gasteiger partial charge in [0.2, 0.25) is 0 Å². The van der Waals surface area contributed by atoms with E-state index in [1.807, 2.05) is 0 Å². The second kappa shape index (κ2) is 17.5. The number of thiophene rings is 1. The van der Waals surface area contributed by atoms with Gasteiger partial charge in [-0.3, -0.25) is 9.78 Å². The van der Waals surface area contributed by atoms with E-state index in [1.165, 1.54) is 32.7 Å². The summed E-state index contributed by atoms with van der Waals surface area (Å²) < 4.78 is 2.42. The van der Waals surface area contributed by atoms with E-state index >= 15 is 0 Å². The number of allylic oxidation sites excluding steroid dienone is 2. The fourth-order valence-corrected chi connectivity index (χ4v) is 8.95. The van der Waals surface area contributed by atoms with Gasteiger partial charge in [-0.25, -0.2) is 4.98 Å². The molecule has 5 rings (SSSR count). The maximum absolute atomic E-state index is 12.3. The molecule has 0 bridgehead atoms. The summed E-state index contributed by atoms with van der Waals surface area (Å²) in [6.45, 7) is 30.3. The van der Waals surface area contributed by atoms with Crippen LogP contribution in [0, 0.1) is 47.0 Å². The molecule has 0 aliphatic rings. The number of aromatic nitrogens is 2.